The molecule has 0 saturated carbocycles. The minimum absolute atomic E-state index is 0.0659. The van der Waals surface area contributed by atoms with Crippen molar-refractivity contribution in [2.45, 2.75) is 31.1 Å². The van der Waals surface area contributed by atoms with E-state index in [1.807, 2.05) is 0 Å². The molecule has 2 aromatic rings. The molecule has 1 aliphatic carbocycles. The van der Waals surface area contributed by atoms with Crippen molar-refractivity contribution in [3.63, 3.8) is 0 Å². The Kier molecular flexibility index (Phi) is 3.78. The molecule has 0 saturated heterocycles. The van der Waals surface area contributed by atoms with Crippen LogP contribution in [0.15, 0.2) is 33.7 Å². The van der Waals surface area contributed by atoms with Crippen LogP contribution in [0.5, 0.6) is 0 Å². The SMILES string of the molecule is Cc1cc(NC(=O)CSc2ccc3c(c2)CCC3)no1. The number of aromatic nitrogens is 1. The van der Waals surface area contributed by atoms with Crippen LogP contribution in [0.1, 0.15) is 23.3 Å². The number of amides is 1. The number of hydrogen-bond acceptors (Lipinski definition) is 4. The van der Waals surface area contributed by atoms with Crippen LogP contribution < -0.4 is 5.32 Å². The van der Waals surface area contributed by atoms with Crippen LogP contribution in [0, 0.1) is 6.92 Å². The second-order valence-electron chi connectivity index (χ2n) is 4.94. The molecule has 5 heteroatoms. The molecule has 0 bridgehead atoms. The minimum Gasteiger partial charge on any atom is -0.360 e. The molecule has 20 heavy (non-hydrogen) atoms. The number of fused-ring (bicyclic) bond motifs is 1. The number of benzene rings is 1. The van der Waals surface area contributed by atoms with Crippen LogP contribution >= 0.6 is 11.8 Å². The van der Waals surface area contributed by atoms with E-state index in [2.05, 4.69) is 28.7 Å². The Hall–Kier alpha value is -1.75. The van der Waals surface area contributed by atoms with E-state index in [1.54, 1.807) is 24.8 Å². The quantitative estimate of drug-likeness (QED) is 0.878. The van der Waals surface area contributed by atoms with Crippen LogP contribution in [-0.2, 0) is 17.6 Å². The molecule has 0 aliphatic heterocycles. The summed E-state index contributed by atoms with van der Waals surface area (Å²) in [5, 5.41) is 6.46. The lowest BCUT2D eigenvalue weighted by atomic mass is 10.1. The maximum atomic E-state index is 11.8. The molecule has 0 spiro atoms. The van der Waals surface area contributed by atoms with Gasteiger partial charge in [-0.2, -0.15) is 0 Å². The summed E-state index contributed by atoms with van der Waals surface area (Å²) >= 11 is 1.55. The first-order valence-electron chi connectivity index (χ1n) is 6.68. The van der Waals surface area contributed by atoms with Gasteiger partial charge in [0, 0.05) is 11.0 Å². The monoisotopic (exact) mass is 288 g/mol. The predicted octanol–water partition coefficient (Wildman–Crippen LogP) is 3.20. The van der Waals surface area contributed by atoms with Gasteiger partial charge in [0.1, 0.15) is 5.76 Å². The predicted molar refractivity (Wildman–Crippen MR) is 79.1 cm³/mol. The van der Waals surface area contributed by atoms with Crippen LogP contribution in [0.4, 0.5) is 5.82 Å². The zero-order valence-corrected chi connectivity index (χ0v) is 12.1. The van der Waals surface area contributed by atoms with Crippen molar-refractivity contribution in [1.29, 1.82) is 0 Å². The summed E-state index contributed by atoms with van der Waals surface area (Å²) in [6.07, 6.45) is 3.59. The maximum Gasteiger partial charge on any atom is 0.235 e. The summed E-state index contributed by atoms with van der Waals surface area (Å²) in [6.45, 7) is 1.79. The average Bonchev–Trinajstić information content (AvgIpc) is 3.04. The first kappa shape index (κ1) is 13.2. The van der Waals surface area contributed by atoms with Crippen LogP contribution in [0.3, 0.4) is 0 Å². The van der Waals surface area contributed by atoms with Crippen molar-refractivity contribution in [2.24, 2.45) is 0 Å². The molecular weight excluding hydrogens is 272 g/mol. The van der Waals surface area contributed by atoms with E-state index in [0.717, 1.165) is 11.3 Å². The Morgan fingerprint density at radius 3 is 3.00 bits per heavy atom. The molecular formula is C15H16N2O2S. The van der Waals surface area contributed by atoms with Crippen molar-refractivity contribution < 1.29 is 9.32 Å². The van der Waals surface area contributed by atoms with Crippen LogP contribution in [0.25, 0.3) is 0 Å². The highest BCUT2D eigenvalue weighted by atomic mass is 32.2. The molecule has 3 rings (SSSR count). The van der Waals surface area contributed by atoms with Crippen molar-refractivity contribution in [3.05, 3.63) is 41.2 Å². The van der Waals surface area contributed by atoms with Gasteiger partial charge in [0.15, 0.2) is 5.82 Å². The molecule has 0 atom stereocenters. The second kappa shape index (κ2) is 5.71. The molecule has 1 aliphatic rings. The van der Waals surface area contributed by atoms with Gasteiger partial charge in [0.05, 0.1) is 5.75 Å². The molecule has 1 aromatic carbocycles. The highest BCUT2D eigenvalue weighted by Gasteiger charge is 2.12. The Balaban J connectivity index is 1.55. The van der Waals surface area contributed by atoms with E-state index in [1.165, 1.54) is 24.0 Å². The van der Waals surface area contributed by atoms with Crippen molar-refractivity contribution in [1.82, 2.24) is 5.16 Å². The number of nitrogens with zero attached hydrogens (tertiary/aromatic N) is 1. The third-order valence-corrected chi connectivity index (χ3v) is 4.33. The lowest BCUT2D eigenvalue weighted by Gasteiger charge is -2.04. The normalized spacial score (nSPS) is 13.2. The number of anilines is 1. The first-order chi connectivity index (χ1) is 9.70. The molecule has 0 unspecified atom stereocenters. The number of hydrogen-bond donors (Lipinski definition) is 1. The number of nitrogens with one attached hydrogen (secondary N) is 1. The minimum atomic E-state index is -0.0659. The van der Waals surface area contributed by atoms with Gasteiger partial charge in [-0.05, 0) is 49.4 Å². The molecule has 1 aromatic heterocycles. The van der Waals surface area contributed by atoms with Gasteiger partial charge in [-0.25, -0.2) is 0 Å². The molecule has 4 nitrogen and oxygen atoms in total. The smallest absolute Gasteiger partial charge is 0.235 e. The van der Waals surface area contributed by atoms with Crippen molar-refractivity contribution in [2.75, 3.05) is 11.1 Å². The fourth-order valence-corrected chi connectivity index (χ4v) is 3.15. The third kappa shape index (κ3) is 3.04. The van der Waals surface area contributed by atoms with E-state index in [-0.39, 0.29) is 5.91 Å². The third-order valence-electron chi connectivity index (χ3n) is 3.34. The van der Waals surface area contributed by atoms with E-state index in [4.69, 9.17) is 4.52 Å². The summed E-state index contributed by atoms with van der Waals surface area (Å²) in [5.74, 6) is 1.47. The summed E-state index contributed by atoms with van der Waals surface area (Å²) in [5.41, 5.74) is 2.89. The summed E-state index contributed by atoms with van der Waals surface area (Å²) in [6, 6.07) is 8.20. The fourth-order valence-electron chi connectivity index (χ4n) is 2.39. The summed E-state index contributed by atoms with van der Waals surface area (Å²) in [4.78, 5) is 13.0. The lowest BCUT2D eigenvalue weighted by molar-refractivity contribution is -0.113. The molecule has 0 radical (unpaired) electrons. The molecule has 1 heterocycles. The van der Waals surface area contributed by atoms with Crippen molar-refractivity contribution in [3.8, 4) is 0 Å². The standard InChI is InChI=1S/C15H16N2O2S/c1-10-7-14(17-19-10)16-15(18)9-20-13-6-5-11-3-2-4-12(11)8-13/h5-8H,2-4,9H2,1H3,(H,16,17,18). The van der Waals surface area contributed by atoms with Gasteiger partial charge >= 0.3 is 0 Å². The summed E-state index contributed by atoms with van der Waals surface area (Å²) in [7, 11) is 0. The number of carbonyl (C=O) groups is 1. The van der Waals surface area contributed by atoms with Gasteiger partial charge < -0.3 is 9.84 Å². The van der Waals surface area contributed by atoms with Gasteiger partial charge in [0.2, 0.25) is 5.91 Å². The highest BCUT2D eigenvalue weighted by molar-refractivity contribution is 8.00. The van der Waals surface area contributed by atoms with Gasteiger partial charge in [0.25, 0.3) is 0 Å². The number of rotatable bonds is 4. The Bertz CT molecular complexity index is 637. The molecule has 104 valence electrons. The Morgan fingerprint density at radius 1 is 1.35 bits per heavy atom. The fraction of sp³-hybridized carbons (Fsp3) is 0.333. The average molecular weight is 288 g/mol. The molecule has 0 fully saturated rings. The number of carbonyl (C=O) groups excluding carboxylic acids is 1. The topological polar surface area (TPSA) is 55.1 Å². The highest BCUT2D eigenvalue weighted by Crippen LogP contribution is 2.27. The largest absolute Gasteiger partial charge is 0.360 e. The van der Waals surface area contributed by atoms with E-state index >= 15 is 0 Å². The number of aryl methyl sites for hydroxylation is 3. The molecule has 1 amide bonds. The maximum absolute atomic E-state index is 11.8. The zero-order chi connectivity index (χ0) is 13.9. The van der Waals surface area contributed by atoms with E-state index < -0.39 is 0 Å². The Labute approximate surface area is 121 Å². The van der Waals surface area contributed by atoms with Crippen molar-refractivity contribution >= 4 is 23.5 Å². The van der Waals surface area contributed by atoms with Gasteiger partial charge in [-0.3, -0.25) is 4.79 Å². The lowest BCUT2D eigenvalue weighted by Crippen LogP contribution is -2.14. The van der Waals surface area contributed by atoms with E-state index in [0.29, 0.717) is 17.3 Å². The van der Waals surface area contributed by atoms with Gasteiger partial charge in [-0.1, -0.05) is 11.2 Å². The van der Waals surface area contributed by atoms with Gasteiger partial charge in [-0.15, -0.1) is 11.8 Å². The molecule has 1 N–H and O–H groups in total. The van der Waals surface area contributed by atoms with Crippen LogP contribution in [-0.4, -0.2) is 16.8 Å². The second-order valence-corrected chi connectivity index (χ2v) is 5.99. The van der Waals surface area contributed by atoms with Crippen LogP contribution in [0.2, 0.25) is 0 Å². The summed E-state index contributed by atoms with van der Waals surface area (Å²) < 4.78 is 4.91. The first-order valence-corrected chi connectivity index (χ1v) is 7.67. The van der Waals surface area contributed by atoms with E-state index in [9.17, 15) is 4.79 Å². The zero-order valence-electron chi connectivity index (χ0n) is 11.3. The number of thioether (sulfide) groups is 1. The Morgan fingerprint density at radius 2 is 2.20 bits per heavy atom.